The second-order valence-corrected chi connectivity index (χ2v) is 4.35. The van der Waals surface area contributed by atoms with Crippen LogP contribution in [0, 0.1) is 0 Å². The molecule has 1 N–H and O–H groups in total. The van der Waals surface area contributed by atoms with Gasteiger partial charge < -0.3 is 14.6 Å². The number of carbonyl (C=O) groups is 1. The van der Waals surface area contributed by atoms with Crippen LogP contribution in [0.1, 0.15) is 17.0 Å². The van der Waals surface area contributed by atoms with Crippen LogP contribution in [0.15, 0.2) is 16.5 Å². The van der Waals surface area contributed by atoms with E-state index in [9.17, 15) is 4.79 Å². The predicted molar refractivity (Wildman–Crippen MR) is 55.0 cm³/mol. The van der Waals surface area contributed by atoms with Crippen molar-refractivity contribution in [2.24, 2.45) is 0 Å². The molecule has 0 radical (unpaired) electrons. The summed E-state index contributed by atoms with van der Waals surface area (Å²) in [5, 5.41) is 3.61. The zero-order valence-electron chi connectivity index (χ0n) is 8.07. The van der Waals surface area contributed by atoms with E-state index < -0.39 is 0 Å². The highest BCUT2D eigenvalue weighted by Gasteiger charge is 2.45. The molecule has 15 heavy (non-hydrogen) atoms. The molecule has 1 aromatic rings. The second-order valence-electron chi connectivity index (χ2n) is 3.98. The monoisotopic (exact) mass is 226 g/mol. The molecule has 2 saturated heterocycles. The van der Waals surface area contributed by atoms with Crippen molar-refractivity contribution < 1.29 is 9.21 Å². The van der Waals surface area contributed by atoms with Crippen LogP contribution in [0.5, 0.6) is 0 Å². The summed E-state index contributed by atoms with van der Waals surface area (Å²) in [7, 11) is 0. The van der Waals surface area contributed by atoms with Crippen molar-refractivity contribution in [1.82, 2.24) is 10.2 Å². The highest BCUT2D eigenvalue weighted by atomic mass is 35.5. The van der Waals surface area contributed by atoms with Gasteiger partial charge in [0.05, 0.1) is 6.04 Å². The Morgan fingerprint density at radius 1 is 1.60 bits per heavy atom. The molecule has 2 fully saturated rings. The molecule has 1 amide bonds. The molecule has 5 heteroatoms. The van der Waals surface area contributed by atoms with E-state index in [1.54, 1.807) is 12.1 Å². The van der Waals surface area contributed by atoms with E-state index in [2.05, 4.69) is 5.32 Å². The van der Waals surface area contributed by atoms with E-state index in [0.29, 0.717) is 17.8 Å². The van der Waals surface area contributed by atoms with Crippen molar-refractivity contribution in [3.05, 3.63) is 23.1 Å². The molecular formula is C10H11ClN2O2. The molecule has 2 aliphatic rings. The zero-order chi connectivity index (χ0) is 10.4. The first-order valence-electron chi connectivity index (χ1n) is 5.05. The quantitative estimate of drug-likeness (QED) is 0.781. The molecule has 0 aliphatic carbocycles. The Bertz CT molecular complexity index is 404. The lowest BCUT2D eigenvalue weighted by Crippen LogP contribution is -2.62. The molecule has 0 spiro atoms. The Hall–Kier alpha value is -1.00. The number of rotatable bonds is 1. The fourth-order valence-corrected chi connectivity index (χ4v) is 2.47. The number of fused-ring (bicyclic) bond motifs is 1. The SMILES string of the molecule is O=C(c1ccc(Cl)o1)N1CC2NCCC21. The van der Waals surface area contributed by atoms with Gasteiger partial charge in [0, 0.05) is 12.6 Å². The van der Waals surface area contributed by atoms with Gasteiger partial charge in [0.15, 0.2) is 11.0 Å². The zero-order valence-corrected chi connectivity index (χ0v) is 8.83. The van der Waals surface area contributed by atoms with Crippen molar-refractivity contribution in [2.45, 2.75) is 18.5 Å². The lowest BCUT2D eigenvalue weighted by atomic mass is 9.97. The number of amides is 1. The van der Waals surface area contributed by atoms with Crippen molar-refractivity contribution in [3.8, 4) is 0 Å². The molecular weight excluding hydrogens is 216 g/mol. The topological polar surface area (TPSA) is 45.5 Å². The van der Waals surface area contributed by atoms with Crippen LogP contribution in [0.25, 0.3) is 0 Å². The molecule has 0 aromatic carbocycles. The first-order chi connectivity index (χ1) is 7.25. The summed E-state index contributed by atoms with van der Waals surface area (Å²) in [6.45, 7) is 1.78. The van der Waals surface area contributed by atoms with Crippen LogP contribution in [-0.2, 0) is 0 Å². The van der Waals surface area contributed by atoms with Crippen LogP contribution < -0.4 is 5.32 Å². The van der Waals surface area contributed by atoms with Gasteiger partial charge in [0.25, 0.3) is 5.91 Å². The van der Waals surface area contributed by atoms with Gasteiger partial charge in [-0.1, -0.05) is 0 Å². The molecule has 2 unspecified atom stereocenters. The lowest BCUT2D eigenvalue weighted by molar-refractivity contribution is 0.0380. The third kappa shape index (κ3) is 1.36. The minimum Gasteiger partial charge on any atom is -0.440 e. The fourth-order valence-electron chi connectivity index (χ4n) is 2.33. The molecule has 3 heterocycles. The second kappa shape index (κ2) is 3.25. The average molecular weight is 227 g/mol. The summed E-state index contributed by atoms with van der Waals surface area (Å²) in [4.78, 5) is 13.8. The number of nitrogens with zero attached hydrogens (tertiary/aromatic N) is 1. The number of halogens is 1. The Labute approximate surface area is 92.2 Å². The molecule has 0 saturated carbocycles. The van der Waals surface area contributed by atoms with Crippen LogP contribution in [0.4, 0.5) is 0 Å². The van der Waals surface area contributed by atoms with Gasteiger partial charge in [-0.2, -0.15) is 0 Å². The Kier molecular flexibility index (Phi) is 2.00. The van der Waals surface area contributed by atoms with Crippen LogP contribution >= 0.6 is 11.6 Å². The largest absolute Gasteiger partial charge is 0.440 e. The minimum absolute atomic E-state index is 0.0492. The van der Waals surface area contributed by atoms with Gasteiger partial charge in [-0.3, -0.25) is 4.79 Å². The number of likely N-dealkylation sites (tertiary alicyclic amines) is 1. The van der Waals surface area contributed by atoms with E-state index >= 15 is 0 Å². The van der Waals surface area contributed by atoms with E-state index in [1.165, 1.54) is 0 Å². The first-order valence-corrected chi connectivity index (χ1v) is 5.43. The van der Waals surface area contributed by atoms with Crippen molar-refractivity contribution >= 4 is 17.5 Å². The highest BCUT2D eigenvalue weighted by Crippen LogP contribution is 2.28. The molecule has 2 aliphatic heterocycles. The summed E-state index contributed by atoms with van der Waals surface area (Å²) >= 11 is 5.63. The van der Waals surface area contributed by atoms with Crippen molar-refractivity contribution in [2.75, 3.05) is 13.1 Å². The van der Waals surface area contributed by atoms with Crippen molar-refractivity contribution in [3.63, 3.8) is 0 Å². The van der Waals surface area contributed by atoms with Crippen LogP contribution in [-0.4, -0.2) is 36.0 Å². The smallest absolute Gasteiger partial charge is 0.289 e. The van der Waals surface area contributed by atoms with Crippen LogP contribution in [0.2, 0.25) is 5.22 Å². The maximum absolute atomic E-state index is 11.9. The minimum atomic E-state index is -0.0492. The summed E-state index contributed by atoms with van der Waals surface area (Å²) in [5.41, 5.74) is 0. The fraction of sp³-hybridized carbons (Fsp3) is 0.500. The predicted octanol–water partition coefficient (Wildman–Crippen LogP) is 1.12. The van der Waals surface area contributed by atoms with E-state index in [4.69, 9.17) is 16.0 Å². The maximum Gasteiger partial charge on any atom is 0.289 e. The van der Waals surface area contributed by atoms with Crippen LogP contribution in [0.3, 0.4) is 0 Å². The van der Waals surface area contributed by atoms with Gasteiger partial charge in [0.1, 0.15) is 0 Å². The number of nitrogens with one attached hydrogen (secondary N) is 1. The Morgan fingerprint density at radius 2 is 2.47 bits per heavy atom. The third-order valence-electron chi connectivity index (χ3n) is 3.15. The summed E-state index contributed by atoms with van der Waals surface area (Å²) < 4.78 is 5.10. The Balaban J connectivity index is 1.76. The molecule has 4 nitrogen and oxygen atoms in total. The van der Waals surface area contributed by atoms with Gasteiger partial charge in [-0.15, -0.1) is 0 Å². The molecule has 2 atom stereocenters. The molecule has 0 bridgehead atoms. The number of hydrogen-bond donors (Lipinski definition) is 1. The third-order valence-corrected chi connectivity index (χ3v) is 3.35. The standard InChI is InChI=1S/C10H11ClN2O2/c11-9-2-1-8(15-9)10(14)13-5-6-7(13)3-4-12-6/h1-2,6-7,12H,3-5H2. The van der Waals surface area contributed by atoms with E-state index in [0.717, 1.165) is 19.5 Å². The Morgan fingerprint density at radius 3 is 3.13 bits per heavy atom. The maximum atomic E-state index is 11.9. The van der Waals surface area contributed by atoms with Gasteiger partial charge >= 0.3 is 0 Å². The van der Waals surface area contributed by atoms with E-state index in [1.807, 2.05) is 4.90 Å². The molecule has 80 valence electrons. The normalized spacial score (nSPS) is 28.7. The first kappa shape index (κ1) is 9.24. The van der Waals surface area contributed by atoms with Gasteiger partial charge in [0.2, 0.25) is 0 Å². The lowest BCUT2D eigenvalue weighted by Gasteiger charge is -2.43. The number of furan rings is 1. The van der Waals surface area contributed by atoms with E-state index in [-0.39, 0.29) is 11.1 Å². The summed E-state index contributed by atoms with van der Waals surface area (Å²) in [6.07, 6.45) is 1.03. The van der Waals surface area contributed by atoms with Crippen molar-refractivity contribution in [1.29, 1.82) is 0 Å². The summed E-state index contributed by atoms with van der Waals surface area (Å²) in [6, 6.07) is 4.06. The molecule has 1 aromatic heterocycles. The number of hydrogen-bond acceptors (Lipinski definition) is 3. The van der Waals surface area contributed by atoms with Gasteiger partial charge in [-0.25, -0.2) is 0 Å². The average Bonchev–Trinajstić information content (AvgIpc) is 2.74. The van der Waals surface area contributed by atoms with Gasteiger partial charge in [-0.05, 0) is 36.7 Å². The highest BCUT2D eigenvalue weighted by molar-refractivity contribution is 6.29. The summed E-state index contributed by atoms with van der Waals surface area (Å²) in [5.74, 6) is 0.289. The number of carbonyl (C=O) groups excluding carboxylic acids is 1. The molecule has 3 rings (SSSR count).